The monoisotopic (exact) mass is 482 g/mol. The highest BCUT2D eigenvalue weighted by Crippen LogP contribution is 2.38. The molecule has 0 N–H and O–H groups in total. The summed E-state index contributed by atoms with van der Waals surface area (Å²) in [6.45, 7) is 1.38. The average Bonchev–Trinajstić information content (AvgIpc) is 3.37. The number of rotatable bonds is 4. The Bertz CT molecular complexity index is 1340. The number of alkyl halides is 6. The molecule has 14 heteroatoms. The molecular formula is C20H12F6N6O2. The number of nitrogens with zero attached hydrogens (tertiary/aromatic N) is 6. The molecule has 0 radical (unpaired) electrons. The Morgan fingerprint density at radius 3 is 2.03 bits per heavy atom. The van der Waals surface area contributed by atoms with Crippen LogP contribution in [0.5, 0.6) is 0 Å². The van der Waals surface area contributed by atoms with Crippen LogP contribution in [0.2, 0.25) is 0 Å². The Hall–Kier alpha value is -4.23. The first kappa shape index (κ1) is 22.9. The van der Waals surface area contributed by atoms with Crippen molar-refractivity contribution < 1.29 is 31.3 Å². The van der Waals surface area contributed by atoms with Gasteiger partial charge in [-0.15, -0.1) is 5.10 Å². The molecule has 0 fully saturated rings. The van der Waals surface area contributed by atoms with Gasteiger partial charge in [0.25, 0.3) is 0 Å². The van der Waals surface area contributed by atoms with E-state index in [1.807, 2.05) is 0 Å². The largest absolute Gasteiger partial charge is 0.416 e. The van der Waals surface area contributed by atoms with E-state index >= 15 is 0 Å². The molecule has 34 heavy (non-hydrogen) atoms. The summed E-state index contributed by atoms with van der Waals surface area (Å²) in [6, 6.07) is 9.13. The second-order valence-electron chi connectivity index (χ2n) is 7.07. The fourth-order valence-electron chi connectivity index (χ4n) is 3.26. The Morgan fingerprint density at radius 1 is 0.912 bits per heavy atom. The van der Waals surface area contributed by atoms with Gasteiger partial charge < -0.3 is 0 Å². The van der Waals surface area contributed by atoms with Crippen molar-refractivity contribution in [1.29, 1.82) is 0 Å². The molecule has 0 amide bonds. The molecule has 0 aliphatic carbocycles. The quantitative estimate of drug-likeness (QED) is 0.221. The zero-order chi connectivity index (χ0) is 24.8. The number of nitro groups is 1. The van der Waals surface area contributed by atoms with Crippen molar-refractivity contribution in [3.8, 4) is 22.9 Å². The topological polar surface area (TPSA) is 91.7 Å². The molecule has 4 aromatic rings. The van der Waals surface area contributed by atoms with Gasteiger partial charge >= 0.3 is 18.0 Å². The minimum Gasteiger partial charge on any atom is -0.258 e. The highest BCUT2D eigenvalue weighted by molar-refractivity contribution is 5.60. The van der Waals surface area contributed by atoms with Crippen molar-refractivity contribution in [1.82, 2.24) is 24.5 Å². The number of hydrogen-bond acceptors (Lipinski definition) is 5. The van der Waals surface area contributed by atoms with Crippen LogP contribution in [-0.4, -0.2) is 29.5 Å². The highest BCUT2D eigenvalue weighted by atomic mass is 19.4. The van der Waals surface area contributed by atoms with E-state index in [2.05, 4.69) is 15.2 Å². The molecule has 0 bridgehead atoms. The zero-order valence-electron chi connectivity index (χ0n) is 17.0. The van der Waals surface area contributed by atoms with E-state index in [1.54, 1.807) is 30.3 Å². The maximum atomic E-state index is 13.2. The van der Waals surface area contributed by atoms with Gasteiger partial charge in [-0.3, -0.25) is 10.1 Å². The highest BCUT2D eigenvalue weighted by Gasteiger charge is 2.37. The van der Waals surface area contributed by atoms with Crippen LogP contribution in [-0.2, 0) is 12.4 Å². The molecule has 0 aliphatic rings. The van der Waals surface area contributed by atoms with Gasteiger partial charge in [-0.25, -0.2) is 9.67 Å². The summed E-state index contributed by atoms with van der Waals surface area (Å²) in [4.78, 5) is 14.8. The van der Waals surface area contributed by atoms with Gasteiger partial charge in [0.15, 0.2) is 5.82 Å². The zero-order valence-corrected chi connectivity index (χ0v) is 17.0. The number of aryl methyl sites for hydroxylation is 1. The van der Waals surface area contributed by atoms with E-state index in [9.17, 15) is 36.5 Å². The van der Waals surface area contributed by atoms with Crippen LogP contribution in [0, 0.1) is 17.0 Å². The molecular weight excluding hydrogens is 470 g/mol. The van der Waals surface area contributed by atoms with Crippen LogP contribution in [0.1, 0.15) is 16.8 Å². The summed E-state index contributed by atoms with van der Waals surface area (Å²) >= 11 is 0. The van der Waals surface area contributed by atoms with Crippen LogP contribution in [0.25, 0.3) is 22.9 Å². The van der Waals surface area contributed by atoms with Gasteiger partial charge in [-0.1, -0.05) is 18.2 Å². The third-order valence-corrected chi connectivity index (χ3v) is 4.74. The Morgan fingerprint density at radius 2 is 1.50 bits per heavy atom. The predicted molar refractivity (Wildman–Crippen MR) is 105 cm³/mol. The first-order valence-electron chi connectivity index (χ1n) is 9.37. The van der Waals surface area contributed by atoms with Gasteiger partial charge in [-0.05, 0) is 37.3 Å². The normalized spacial score (nSPS) is 12.2. The molecule has 2 aromatic carbocycles. The third kappa shape index (κ3) is 4.21. The molecule has 0 unspecified atom stereocenters. The predicted octanol–water partition coefficient (Wildman–Crippen LogP) is 5.37. The summed E-state index contributed by atoms with van der Waals surface area (Å²) in [5.74, 6) is -0.695. The molecule has 2 aromatic heterocycles. The van der Waals surface area contributed by atoms with E-state index in [1.165, 1.54) is 11.6 Å². The lowest BCUT2D eigenvalue weighted by Gasteiger charge is -2.13. The van der Waals surface area contributed by atoms with Crippen molar-refractivity contribution in [2.45, 2.75) is 19.3 Å². The molecule has 0 spiro atoms. The first-order chi connectivity index (χ1) is 15.9. The lowest BCUT2D eigenvalue weighted by atomic mass is 10.0. The number of halogens is 6. The minimum atomic E-state index is -5.06. The molecule has 4 rings (SSSR count). The Balaban J connectivity index is 1.90. The van der Waals surface area contributed by atoms with Crippen molar-refractivity contribution in [3.63, 3.8) is 0 Å². The number of hydrogen-bond donors (Lipinski definition) is 0. The van der Waals surface area contributed by atoms with Gasteiger partial charge in [0.1, 0.15) is 12.0 Å². The summed E-state index contributed by atoms with van der Waals surface area (Å²) in [5.41, 5.74) is -3.68. The Kier molecular flexibility index (Phi) is 5.38. The first-order valence-corrected chi connectivity index (χ1v) is 9.37. The maximum absolute atomic E-state index is 13.2. The maximum Gasteiger partial charge on any atom is 0.416 e. The molecule has 0 saturated heterocycles. The van der Waals surface area contributed by atoms with E-state index < -0.39 is 45.5 Å². The number of para-hydroxylation sites is 1. The summed E-state index contributed by atoms with van der Waals surface area (Å²) < 4.78 is 81.3. The van der Waals surface area contributed by atoms with Crippen LogP contribution in [0.3, 0.4) is 0 Å². The summed E-state index contributed by atoms with van der Waals surface area (Å²) in [5, 5.41) is 19.8. The van der Waals surface area contributed by atoms with Crippen LogP contribution < -0.4 is 0 Å². The van der Waals surface area contributed by atoms with Gasteiger partial charge in [-0.2, -0.15) is 36.1 Å². The smallest absolute Gasteiger partial charge is 0.258 e. The van der Waals surface area contributed by atoms with Crippen molar-refractivity contribution in [2.24, 2.45) is 0 Å². The van der Waals surface area contributed by atoms with E-state index in [0.717, 1.165) is 11.0 Å². The molecule has 0 aliphatic heterocycles. The lowest BCUT2D eigenvalue weighted by Crippen LogP contribution is -2.11. The van der Waals surface area contributed by atoms with Crippen LogP contribution >= 0.6 is 0 Å². The third-order valence-electron chi connectivity index (χ3n) is 4.74. The second kappa shape index (κ2) is 7.97. The fourth-order valence-corrected chi connectivity index (χ4v) is 3.26. The number of benzene rings is 2. The summed E-state index contributed by atoms with van der Waals surface area (Å²) in [7, 11) is 0. The van der Waals surface area contributed by atoms with Gasteiger partial charge in [0.2, 0.25) is 5.82 Å². The molecule has 0 atom stereocenters. The molecule has 8 nitrogen and oxygen atoms in total. The number of aromatic nitrogens is 5. The van der Waals surface area contributed by atoms with Gasteiger partial charge in [0, 0.05) is 5.56 Å². The van der Waals surface area contributed by atoms with Crippen molar-refractivity contribution in [2.75, 3.05) is 0 Å². The van der Waals surface area contributed by atoms with E-state index in [-0.39, 0.29) is 17.6 Å². The molecule has 0 saturated carbocycles. The Labute approximate surface area is 186 Å². The van der Waals surface area contributed by atoms with Crippen molar-refractivity contribution in [3.05, 3.63) is 81.8 Å². The standard InChI is InChI=1S/C20H12F6N6O2/c1-11-16(32(33)34)18(31(28-11)15-5-3-2-4-6-15)30-10-27-17(29-30)12-7-13(19(21,22)23)9-14(8-12)20(24,25)26/h2-10H,1H3. The van der Waals surface area contributed by atoms with E-state index in [0.29, 0.717) is 17.8 Å². The van der Waals surface area contributed by atoms with E-state index in [4.69, 9.17) is 0 Å². The summed E-state index contributed by atoms with van der Waals surface area (Å²) in [6.07, 6.45) is -9.16. The molecule has 176 valence electrons. The lowest BCUT2D eigenvalue weighted by molar-refractivity contribution is -0.385. The minimum absolute atomic E-state index is 0.0133. The average molecular weight is 482 g/mol. The van der Waals surface area contributed by atoms with Gasteiger partial charge in [0.05, 0.1) is 21.7 Å². The van der Waals surface area contributed by atoms with Crippen LogP contribution in [0.4, 0.5) is 32.0 Å². The fraction of sp³-hybridized carbons (Fsp3) is 0.150. The SMILES string of the molecule is Cc1nn(-c2ccccc2)c(-n2cnc(-c3cc(C(F)(F)F)cc(C(F)(F)F)c3)n2)c1[N+](=O)[O-]. The second-order valence-corrected chi connectivity index (χ2v) is 7.07. The van der Waals surface area contributed by atoms with Crippen LogP contribution in [0.15, 0.2) is 54.9 Å². The molecule has 2 heterocycles. The van der Waals surface area contributed by atoms with Crippen molar-refractivity contribution >= 4 is 5.69 Å².